The van der Waals surface area contributed by atoms with Crippen LogP contribution in [0.15, 0.2) is 24.3 Å². The van der Waals surface area contributed by atoms with E-state index in [-0.39, 0.29) is 17.6 Å². The van der Waals surface area contributed by atoms with Crippen molar-refractivity contribution in [2.24, 2.45) is 0 Å². The van der Waals surface area contributed by atoms with E-state index in [2.05, 4.69) is 25.8 Å². The van der Waals surface area contributed by atoms with E-state index in [1.54, 1.807) is 24.3 Å². The van der Waals surface area contributed by atoms with E-state index in [4.69, 9.17) is 0 Å². The number of aryl methyl sites for hydroxylation is 1. The Balaban J connectivity index is 2.02. The van der Waals surface area contributed by atoms with Gasteiger partial charge in [-0.3, -0.25) is 14.7 Å². The third kappa shape index (κ3) is 3.41. The van der Waals surface area contributed by atoms with Crippen LogP contribution in [0.3, 0.4) is 0 Å². The van der Waals surface area contributed by atoms with Crippen LogP contribution in [0.25, 0.3) is 0 Å². The first-order chi connectivity index (χ1) is 9.58. The van der Waals surface area contributed by atoms with Gasteiger partial charge in [-0.2, -0.15) is 0 Å². The molecule has 0 saturated heterocycles. The lowest BCUT2D eigenvalue weighted by Crippen LogP contribution is -2.14. The number of benzene rings is 1. The number of hydrogen-bond acceptors (Lipinski definition) is 4. The quantitative estimate of drug-likeness (QED) is 0.787. The Kier molecular flexibility index (Phi) is 4.09. The molecule has 0 radical (unpaired) electrons. The number of aromatic nitrogens is 3. The van der Waals surface area contributed by atoms with Crippen molar-refractivity contribution in [2.45, 2.75) is 20.3 Å². The Morgan fingerprint density at radius 2 is 1.75 bits per heavy atom. The highest BCUT2D eigenvalue weighted by atomic mass is 16.2. The number of aromatic amines is 1. The van der Waals surface area contributed by atoms with Crippen molar-refractivity contribution >= 4 is 23.2 Å². The molecule has 1 aromatic carbocycles. The van der Waals surface area contributed by atoms with E-state index < -0.39 is 0 Å². The standard InChI is InChI=1S/C13H15N5O2/c1-3-11-16-12(18-17-11)13(20)15-10-6-4-9(5-7-10)14-8(2)19/h4-7H,3H2,1-2H3,(H,14,19)(H,15,20)(H,16,17,18). The zero-order valence-corrected chi connectivity index (χ0v) is 11.2. The highest BCUT2D eigenvalue weighted by molar-refractivity contribution is 6.01. The van der Waals surface area contributed by atoms with Gasteiger partial charge in [-0.15, -0.1) is 5.10 Å². The second-order valence-electron chi connectivity index (χ2n) is 4.17. The fourth-order valence-electron chi connectivity index (χ4n) is 1.58. The number of carbonyl (C=O) groups is 2. The maximum Gasteiger partial charge on any atom is 0.295 e. The second-order valence-corrected chi connectivity index (χ2v) is 4.17. The minimum atomic E-state index is -0.381. The van der Waals surface area contributed by atoms with Gasteiger partial charge in [-0.1, -0.05) is 6.92 Å². The molecule has 0 aliphatic rings. The average Bonchev–Trinajstić information content (AvgIpc) is 2.89. The minimum Gasteiger partial charge on any atom is -0.326 e. The average molecular weight is 273 g/mol. The molecule has 104 valence electrons. The van der Waals surface area contributed by atoms with Gasteiger partial charge < -0.3 is 10.6 Å². The van der Waals surface area contributed by atoms with E-state index in [9.17, 15) is 9.59 Å². The van der Waals surface area contributed by atoms with E-state index >= 15 is 0 Å². The van der Waals surface area contributed by atoms with Gasteiger partial charge in [-0.25, -0.2) is 4.98 Å². The summed E-state index contributed by atoms with van der Waals surface area (Å²) in [6, 6.07) is 6.78. The van der Waals surface area contributed by atoms with Crippen LogP contribution in [0, 0.1) is 0 Å². The highest BCUT2D eigenvalue weighted by Crippen LogP contribution is 2.14. The normalized spacial score (nSPS) is 10.1. The topological polar surface area (TPSA) is 99.8 Å². The summed E-state index contributed by atoms with van der Waals surface area (Å²) in [7, 11) is 0. The summed E-state index contributed by atoms with van der Waals surface area (Å²) in [5, 5.41) is 11.8. The van der Waals surface area contributed by atoms with Crippen LogP contribution in [-0.4, -0.2) is 27.0 Å². The van der Waals surface area contributed by atoms with Crippen LogP contribution in [-0.2, 0) is 11.2 Å². The molecule has 0 unspecified atom stereocenters. The Labute approximate surface area is 115 Å². The summed E-state index contributed by atoms with van der Waals surface area (Å²) in [4.78, 5) is 26.8. The van der Waals surface area contributed by atoms with Crippen molar-refractivity contribution in [3.63, 3.8) is 0 Å². The van der Waals surface area contributed by atoms with Crippen molar-refractivity contribution in [3.8, 4) is 0 Å². The molecule has 0 fully saturated rings. The summed E-state index contributed by atoms with van der Waals surface area (Å²) in [6.45, 7) is 3.35. The van der Waals surface area contributed by atoms with Gasteiger partial charge in [0.25, 0.3) is 5.91 Å². The summed E-state index contributed by atoms with van der Waals surface area (Å²) in [5.41, 5.74) is 1.27. The molecule has 7 nitrogen and oxygen atoms in total. The summed E-state index contributed by atoms with van der Waals surface area (Å²) < 4.78 is 0. The van der Waals surface area contributed by atoms with Crippen molar-refractivity contribution in [2.75, 3.05) is 10.6 Å². The Morgan fingerprint density at radius 3 is 2.25 bits per heavy atom. The molecule has 20 heavy (non-hydrogen) atoms. The van der Waals surface area contributed by atoms with Gasteiger partial charge >= 0.3 is 0 Å². The molecule has 0 aliphatic heterocycles. The maximum atomic E-state index is 11.9. The van der Waals surface area contributed by atoms with Crippen LogP contribution in [0.5, 0.6) is 0 Å². The van der Waals surface area contributed by atoms with Gasteiger partial charge in [-0.05, 0) is 24.3 Å². The van der Waals surface area contributed by atoms with E-state index in [0.717, 1.165) is 0 Å². The van der Waals surface area contributed by atoms with Gasteiger partial charge in [0.05, 0.1) is 0 Å². The predicted molar refractivity (Wildman–Crippen MR) is 74.5 cm³/mol. The molecule has 0 saturated carbocycles. The molecule has 3 N–H and O–H groups in total. The molecule has 0 spiro atoms. The van der Waals surface area contributed by atoms with Crippen LogP contribution in [0.2, 0.25) is 0 Å². The lowest BCUT2D eigenvalue weighted by molar-refractivity contribution is -0.114. The first kappa shape index (κ1) is 13.7. The third-order valence-corrected chi connectivity index (χ3v) is 2.53. The zero-order chi connectivity index (χ0) is 14.5. The van der Waals surface area contributed by atoms with E-state index in [1.165, 1.54) is 6.92 Å². The van der Waals surface area contributed by atoms with Crippen molar-refractivity contribution in [1.29, 1.82) is 0 Å². The summed E-state index contributed by atoms with van der Waals surface area (Å²) in [6.07, 6.45) is 0.686. The number of hydrogen-bond donors (Lipinski definition) is 3. The van der Waals surface area contributed by atoms with Crippen molar-refractivity contribution in [3.05, 3.63) is 35.9 Å². The Morgan fingerprint density at radius 1 is 1.15 bits per heavy atom. The van der Waals surface area contributed by atoms with Crippen LogP contribution in [0.4, 0.5) is 11.4 Å². The first-order valence-corrected chi connectivity index (χ1v) is 6.18. The number of anilines is 2. The fraction of sp³-hybridized carbons (Fsp3) is 0.231. The fourth-order valence-corrected chi connectivity index (χ4v) is 1.58. The van der Waals surface area contributed by atoms with Gasteiger partial charge in [0, 0.05) is 24.7 Å². The molecule has 2 aromatic rings. The van der Waals surface area contributed by atoms with Gasteiger partial charge in [0.2, 0.25) is 11.7 Å². The Hall–Kier alpha value is -2.70. The smallest absolute Gasteiger partial charge is 0.295 e. The van der Waals surface area contributed by atoms with Gasteiger partial charge in [0.1, 0.15) is 5.82 Å². The number of nitrogens with zero attached hydrogens (tertiary/aromatic N) is 2. The largest absolute Gasteiger partial charge is 0.326 e. The SMILES string of the molecule is CCc1nc(C(=O)Nc2ccc(NC(C)=O)cc2)n[nH]1. The lowest BCUT2D eigenvalue weighted by Gasteiger charge is -2.05. The molecule has 1 aromatic heterocycles. The monoisotopic (exact) mass is 273 g/mol. The number of rotatable bonds is 4. The summed E-state index contributed by atoms with van der Waals surface area (Å²) >= 11 is 0. The zero-order valence-electron chi connectivity index (χ0n) is 11.2. The van der Waals surface area contributed by atoms with Gasteiger partial charge in [0.15, 0.2) is 0 Å². The van der Waals surface area contributed by atoms with E-state index in [1.807, 2.05) is 6.92 Å². The third-order valence-electron chi connectivity index (χ3n) is 2.53. The summed E-state index contributed by atoms with van der Waals surface area (Å²) in [5.74, 6) is 0.242. The van der Waals surface area contributed by atoms with Crippen molar-refractivity contribution in [1.82, 2.24) is 15.2 Å². The number of nitrogens with one attached hydrogen (secondary N) is 3. The van der Waals surface area contributed by atoms with E-state index in [0.29, 0.717) is 23.6 Å². The van der Waals surface area contributed by atoms with Crippen molar-refractivity contribution < 1.29 is 9.59 Å². The number of amides is 2. The maximum absolute atomic E-state index is 11.9. The number of carbonyl (C=O) groups excluding carboxylic acids is 2. The molecule has 1 heterocycles. The van der Waals surface area contributed by atoms with Crippen LogP contribution in [0.1, 0.15) is 30.3 Å². The number of H-pyrrole nitrogens is 1. The lowest BCUT2D eigenvalue weighted by atomic mass is 10.2. The molecule has 2 amide bonds. The molecular weight excluding hydrogens is 258 g/mol. The molecule has 2 rings (SSSR count). The Bertz CT molecular complexity index is 618. The van der Waals surface area contributed by atoms with Crippen LogP contribution >= 0.6 is 0 Å². The first-order valence-electron chi connectivity index (χ1n) is 6.18. The second kappa shape index (κ2) is 5.96. The predicted octanol–water partition coefficient (Wildman–Crippen LogP) is 1.58. The highest BCUT2D eigenvalue weighted by Gasteiger charge is 2.11. The van der Waals surface area contributed by atoms with Crippen LogP contribution < -0.4 is 10.6 Å². The minimum absolute atomic E-state index is 0.104. The molecular formula is C13H15N5O2. The molecule has 0 atom stereocenters. The molecule has 7 heteroatoms. The molecule has 0 bridgehead atoms. The molecule has 0 aliphatic carbocycles.